The highest BCUT2D eigenvalue weighted by Gasteiger charge is 2.42. The van der Waals surface area contributed by atoms with E-state index in [1.807, 2.05) is 36.4 Å². The lowest BCUT2D eigenvalue weighted by Gasteiger charge is -2.42. The van der Waals surface area contributed by atoms with Gasteiger partial charge in [-0.25, -0.2) is 0 Å². The summed E-state index contributed by atoms with van der Waals surface area (Å²) < 4.78 is 5.48. The molecule has 148 valence electrons. The van der Waals surface area contributed by atoms with Crippen LogP contribution in [0.5, 0.6) is 0 Å². The average molecular weight is 379 g/mol. The van der Waals surface area contributed by atoms with Crippen molar-refractivity contribution in [1.29, 1.82) is 5.41 Å². The highest BCUT2D eigenvalue weighted by molar-refractivity contribution is 6.01. The first-order valence-corrected chi connectivity index (χ1v) is 9.92. The van der Waals surface area contributed by atoms with E-state index in [0.717, 1.165) is 11.1 Å². The maximum Gasteiger partial charge on any atom is 0.134 e. The van der Waals surface area contributed by atoms with Crippen LogP contribution >= 0.6 is 0 Å². The second-order valence-corrected chi connectivity index (χ2v) is 8.30. The van der Waals surface area contributed by atoms with Crippen molar-refractivity contribution in [1.82, 2.24) is 0 Å². The molecule has 0 bridgehead atoms. The first-order chi connectivity index (χ1) is 13.3. The molecule has 0 saturated carbocycles. The number of hydrogen-bond acceptors (Lipinski definition) is 4. The Balaban J connectivity index is 1.67. The van der Waals surface area contributed by atoms with Crippen molar-refractivity contribution in [2.24, 2.45) is 5.92 Å². The highest BCUT2D eigenvalue weighted by Crippen LogP contribution is 2.37. The number of hydrogen-bond donors (Lipinski definition) is 2. The molecule has 2 unspecified atom stereocenters. The van der Waals surface area contributed by atoms with Gasteiger partial charge in [-0.2, -0.15) is 0 Å². The van der Waals surface area contributed by atoms with Crippen LogP contribution in [0.2, 0.25) is 0 Å². The summed E-state index contributed by atoms with van der Waals surface area (Å²) in [5.74, 6) is 0.710. The van der Waals surface area contributed by atoms with Crippen molar-refractivity contribution in [2.75, 3.05) is 18.9 Å². The van der Waals surface area contributed by atoms with Crippen LogP contribution in [0.15, 0.2) is 48.5 Å². The van der Waals surface area contributed by atoms with E-state index >= 15 is 0 Å². The van der Waals surface area contributed by atoms with Gasteiger partial charge < -0.3 is 15.9 Å². The molecule has 1 fully saturated rings. The first-order valence-electron chi connectivity index (χ1n) is 9.92. The highest BCUT2D eigenvalue weighted by atomic mass is 16.5. The molecule has 4 nitrogen and oxygen atoms in total. The zero-order valence-electron chi connectivity index (χ0n) is 17.0. The molecular formula is C24H30N2O2. The van der Waals surface area contributed by atoms with E-state index in [1.165, 1.54) is 5.56 Å². The number of Topliss-reactive ketones (excluding diaryl/α,β-unsaturated/α-hetero) is 1. The van der Waals surface area contributed by atoms with Gasteiger partial charge in [-0.3, -0.25) is 4.79 Å². The maximum atomic E-state index is 12.9. The van der Waals surface area contributed by atoms with Gasteiger partial charge in [0, 0.05) is 35.2 Å². The van der Waals surface area contributed by atoms with Gasteiger partial charge in [-0.05, 0) is 42.0 Å². The first kappa shape index (κ1) is 20.3. The molecule has 0 aromatic heterocycles. The number of ether oxygens (including phenoxy) is 1. The van der Waals surface area contributed by atoms with Crippen molar-refractivity contribution in [3.05, 3.63) is 65.2 Å². The van der Waals surface area contributed by atoms with Crippen LogP contribution in [-0.2, 0) is 14.9 Å². The predicted molar refractivity (Wildman–Crippen MR) is 114 cm³/mol. The van der Waals surface area contributed by atoms with Crippen molar-refractivity contribution < 1.29 is 9.53 Å². The number of nitrogen functional groups attached to an aromatic ring is 1. The van der Waals surface area contributed by atoms with Crippen LogP contribution in [0, 0.1) is 11.3 Å². The van der Waals surface area contributed by atoms with E-state index in [1.54, 1.807) is 6.92 Å². The van der Waals surface area contributed by atoms with Gasteiger partial charge in [0.05, 0.1) is 13.2 Å². The zero-order valence-corrected chi connectivity index (χ0v) is 17.0. The van der Waals surface area contributed by atoms with Gasteiger partial charge in [-0.1, -0.05) is 50.2 Å². The molecule has 0 aliphatic carbocycles. The summed E-state index contributed by atoms with van der Waals surface area (Å²) in [7, 11) is 0. The normalized spacial score (nSPS) is 17.4. The molecule has 1 aliphatic heterocycles. The smallest absolute Gasteiger partial charge is 0.134 e. The molecule has 3 rings (SSSR count). The largest absolute Gasteiger partial charge is 0.398 e. The Morgan fingerprint density at radius 1 is 1.18 bits per heavy atom. The van der Waals surface area contributed by atoms with Crippen molar-refractivity contribution in [3.63, 3.8) is 0 Å². The van der Waals surface area contributed by atoms with Crippen LogP contribution < -0.4 is 5.73 Å². The molecule has 0 amide bonds. The van der Waals surface area contributed by atoms with Gasteiger partial charge in [0.15, 0.2) is 0 Å². The quantitative estimate of drug-likeness (QED) is 0.516. The Labute approximate surface area is 167 Å². The van der Waals surface area contributed by atoms with E-state index in [2.05, 4.69) is 26.0 Å². The van der Waals surface area contributed by atoms with Gasteiger partial charge in [-0.15, -0.1) is 0 Å². The fourth-order valence-corrected chi connectivity index (χ4v) is 4.01. The number of nitrogens with one attached hydrogen (secondary N) is 1. The van der Waals surface area contributed by atoms with E-state index in [9.17, 15) is 4.79 Å². The summed E-state index contributed by atoms with van der Waals surface area (Å²) in [6.07, 6.45) is 1.07. The number of ketones is 1. The van der Waals surface area contributed by atoms with Crippen LogP contribution in [0.4, 0.5) is 5.69 Å². The van der Waals surface area contributed by atoms with Crippen molar-refractivity contribution in [2.45, 2.75) is 44.9 Å². The lowest BCUT2D eigenvalue weighted by molar-refractivity contribution is -0.128. The van der Waals surface area contributed by atoms with Crippen LogP contribution in [-0.4, -0.2) is 24.7 Å². The third-order valence-corrected chi connectivity index (χ3v) is 6.09. The fraction of sp³-hybridized carbons (Fsp3) is 0.417. The van der Waals surface area contributed by atoms with Crippen molar-refractivity contribution >= 4 is 17.2 Å². The minimum atomic E-state index is -0.160. The molecular weight excluding hydrogens is 348 g/mol. The van der Waals surface area contributed by atoms with Crippen LogP contribution in [0.1, 0.15) is 56.2 Å². The molecule has 0 radical (unpaired) electrons. The molecule has 28 heavy (non-hydrogen) atoms. The molecule has 0 spiro atoms. The van der Waals surface area contributed by atoms with Crippen molar-refractivity contribution in [3.8, 4) is 0 Å². The second-order valence-electron chi connectivity index (χ2n) is 8.30. The fourth-order valence-electron chi connectivity index (χ4n) is 4.01. The molecule has 2 atom stereocenters. The number of anilines is 1. The van der Waals surface area contributed by atoms with Crippen LogP contribution in [0.3, 0.4) is 0 Å². The summed E-state index contributed by atoms with van der Waals surface area (Å²) in [4.78, 5) is 12.9. The van der Waals surface area contributed by atoms with E-state index in [4.69, 9.17) is 15.9 Å². The van der Waals surface area contributed by atoms with Gasteiger partial charge in [0.25, 0.3) is 0 Å². The lowest BCUT2D eigenvalue weighted by Crippen LogP contribution is -2.48. The average Bonchev–Trinajstić information content (AvgIpc) is 2.65. The molecule has 1 saturated heterocycles. The summed E-state index contributed by atoms with van der Waals surface area (Å²) in [5.41, 5.74) is 10.0. The Bertz CT molecular complexity index is 856. The molecule has 1 aliphatic rings. The molecule has 2 aromatic carbocycles. The molecule has 3 N–H and O–H groups in total. The van der Waals surface area contributed by atoms with E-state index < -0.39 is 0 Å². The number of benzene rings is 2. The maximum absolute atomic E-state index is 12.9. The van der Waals surface area contributed by atoms with E-state index in [-0.39, 0.29) is 23.0 Å². The standard InChI is InChI=1S/C24H30N2O2/c1-16(17(2)19-9-10-23(26)22(12-19)18(3)25)11-21(27)13-24(14-28-15-24)20-7-5-4-6-8-20/h4-10,12,16-17,25H,11,13-15,26H2,1-3H3. The number of carbonyl (C=O) groups excluding carboxylic acids is 1. The monoisotopic (exact) mass is 378 g/mol. The van der Waals surface area contributed by atoms with Gasteiger partial charge in [0.1, 0.15) is 5.78 Å². The minimum Gasteiger partial charge on any atom is -0.398 e. The summed E-state index contributed by atoms with van der Waals surface area (Å²) in [6, 6.07) is 16.1. The minimum absolute atomic E-state index is 0.160. The Morgan fingerprint density at radius 3 is 2.43 bits per heavy atom. The molecule has 1 heterocycles. The Morgan fingerprint density at radius 2 is 1.86 bits per heavy atom. The lowest BCUT2D eigenvalue weighted by atomic mass is 9.73. The number of carbonyl (C=O) groups is 1. The summed E-state index contributed by atoms with van der Waals surface area (Å²) in [5, 5.41) is 7.90. The SMILES string of the molecule is CC(=N)c1cc(C(C)C(C)CC(=O)CC2(c3ccccc3)COC2)ccc1N. The topological polar surface area (TPSA) is 76.2 Å². The van der Waals surface area contributed by atoms with Crippen LogP contribution in [0.25, 0.3) is 0 Å². The molecule has 2 aromatic rings. The van der Waals surface area contributed by atoms with Gasteiger partial charge in [0.2, 0.25) is 0 Å². The number of rotatable bonds is 8. The van der Waals surface area contributed by atoms with Gasteiger partial charge >= 0.3 is 0 Å². The number of nitrogens with two attached hydrogens (primary N) is 1. The zero-order chi connectivity index (χ0) is 20.3. The summed E-state index contributed by atoms with van der Waals surface area (Å²) >= 11 is 0. The Hall–Kier alpha value is -2.46. The Kier molecular flexibility index (Phi) is 5.99. The van der Waals surface area contributed by atoms with E-state index in [0.29, 0.717) is 37.5 Å². The predicted octanol–water partition coefficient (Wildman–Crippen LogP) is 4.71. The second kappa shape index (κ2) is 8.27. The third kappa shape index (κ3) is 4.17. The molecule has 4 heteroatoms. The summed E-state index contributed by atoms with van der Waals surface area (Å²) in [6.45, 7) is 7.25. The third-order valence-electron chi connectivity index (χ3n) is 6.09.